The number of ether oxygens (including phenoxy) is 2. The Balaban J connectivity index is 0.000000308. The van der Waals surface area contributed by atoms with Crippen molar-refractivity contribution < 1.29 is 23.5 Å². The van der Waals surface area contributed by atoms with Crippen LogP contribution in [0.4, 0.5) is 16.0 Å². The fourth-order valence-corrected chi connectivity index (χ4v) is 8.61. The molecule has 0 aliphatic carbocycles. The van der Waals surface area contributed by atoms with Gasteiger partial charge in [0.25, 0.3) is 0 Å². The van der Waals surface area contributed by atoms with E-state index in [0.717, 1.165) is 104 Å². The SMILES string of the molecule is CCN(CCc1c(F)cccc1Cl)Cc1ccc(CN2CCN(c3ncccc3C(=O)OC(C)C)CC2)cc1.CCNCc1ccc(CN2CCN(c3ncccc3C(=O)OC(C)C)CC2)cc1.Cl.Cl. The fourth-order valence-electron chi connectivity index (χ4n) is 8.35. The zero-order valence-corrected chi connectivity index (χ0v) is 44.0. The lowest BCUT2D eigenvalue weighted by atomic mass is 10.1. The molecule has 2 saturated heterocycles. The summed E-state index contributed by atoms with van der Waals surface area (Å²) in [5, 5.41) is 3.84. The molecule has 4 heterocycles. The van der Waals surface area contributed by atoms with Crippen molar-refractivity contribution in [2.24, 2.45) is 0 Å². The van der Waals surface area contributed by atoms with E-state index < -0.39 is 0 Å². The molecule has 3 aromatic carbocycles. The number of likely N-dealkylation sites (N-methyl/N-ethyl adjacent to an activating group) is 1. The summed E-state index contributed by atoms with van der Waals surface area (Å²) in [7, 11) is 0. The lowest BCUT2D eigenvalue weighted by molar-refractivity contribution is 0.0367. The van der Waals surface area contributed by atoms with E-state index in [1.165, 1.54) is 28.3 Å². The maximum Gasteiger partial charge on any atom is 0.342 e. The van der Waals surface area contributed by atoms with Crippen LogP contribution in [0.1, 0.15) is 90.1 Å². The standard InChI is InChI=1S/C31H38ClFN4O2.C23H32N4O2.2ClH/c1-4-35(16-14-26-28(32)8-5-9-29(26)33)21-24-10-12-25(13-11-24)22-36-17-19-37(20-18-36)30-27(7-6-15-34-30)31(38)39-23(2)3;1-4-24-16-19-7-9-20(10-8-19)17-26-12-14-27(15-13-26)22-21(6-5-11-25-22)23(28)29-18(2)3;;/h5-13,15,23H,4,14,16-22H2,1-3H3;5-11,18,24H,4,12-17H2,1-3H3;2*1H. The van der Waals surface area contributed by atoms with Gasteiger partial charge in [-0.25, -0.2) is 23.9 Å². The zero-order chi connectivity index (χ0) is 48.4. The van der Waals surface area contributed by atoms with Crippen molar-refractivity contribution in [2.75, 3.05) is 81.8 Å². The number of nitrogens with zero attached hydrogens (tertiary/aromatic N) is 7. The van der Waals surface area contributed by atoms with Gasteiger partial charge in [0, 0.05) is 108 Å². The van der Waals surface area contributed by atoms with Gasteiger partial charge in [-0.1, -0.05) is 80.0 Å². The number of halogens is 4. The Hall–Kier alpha value is -4.86. The molecule has 70 heavy (non-hydrogen) atoms. The van der Waals surface area contributed by atoms with Gasteiger partial charge < -0.3 is 24.6 Å². The van der Waals surface area contributed by atoms with Crippen LogP contribution in [0.3, 0.4) is 0 Å². The summed E-state index contributed by atoms with van der Waals surface area (Å²) in [5.41, 5.74) is 6.81. The Morgan fingerprint density at radius 2 is 1.11 bits per heavy atom. The fraction of sp³-hybridized carbons (Fsp3) is 0.444. The molecular formula is C54H72Cl3FN8O4. The second-order valence-electron chi connectivity index (χ2n) is 17.9. The summed E-state index contributed by atoms with van der Waals surface area (Å²) in [6.45, 7) is 24.8. The first kappa shape index (κ1) is 57.7. The van der Waals surface area contributed by atoms with Crippen molar-refractivity contribution in [3.05, 3.63) is 153 Å². The van der Waals surface area contributed by atoms with E-state index in [4.69, 9.17) is 21.1 Å². The molecule has 2 aliphatic heterocycles. The summed E-state index contributed by atoms with van der Waals surface area (Å²) in [4.78, 5) is 45.5. The van der Waals surface area contributed by atoms with E-state index in [-0.39, 0.29) is 54.8 Å². The first-order valence-electron chi connectivity index (χ1n) is 24.2. The number of aromatic nitrogens is 2. The highest BCUT2D eigenvalue weighted by Gasteiger charge is 2.26. The minimum absolute atomic E-state index is 0. The first-order chi connectivity index (χ1) is 32.9. The quantitative estimate of drug-likeness (QED) is 0.0797. The Labute approximate surface area is 432 Å². The number of hydrogen-bond donors (Lipinski definition) is 1. The molecule has 0 spiro atoms. The molecule has 1 N–H and O–H groups in total. The number of carbonyl (C=O) groups is 2. The molecule has 380 valence electrons. The average molecular weight is 1020 g/mol. The maximum absolute atomic E-state index is 14.1. The maximum atomic E-state index is 14.1. The van der Waals surface area contributed by atoms with Crippen LogP contribution in [0.5, 0.6) is 0 Å². The third-order valence-corrected chi connectivity index (χ3v) is 12.4. The number of carbonyl (C=O) groups excluding carboxylic acids is 2. The lowest BCUT2D eigenvalue weighted by Crippen LogP contribution is -2.46. The third-order valence-electron chi connectivity index (χ3n) is 12.1. The number of hydrogen-bond acceptors (Lipinski definition) is 12. The molecule has 16 heteroatoms. The van der Waals surface area contributed by atoms with Crippen molar-refractivity contribution in [1.82, 2.24) is 30.0 Å². The van der Waals surface area contributed by atoms with Crippen molar-refractivity contribution in [2.45, 2.75) is 86.4 Å². The smallest absolute Gasteiger partial charge is 0.342 e. The lowest BCUT2D eigenvalue weighted by Gasteiger charge is -2.36. The first-order valence-corrected chi connectivity index (χ1v) is 24.6. The summed E-state index contributed by atoms with van der Waals surface area (Å²) in [6, 6.07) is 29.6. The Morgan fingerprint density at radius 3 is 1.54 bits per heavy atom. The van der Waals surface area contributed by atoms with E-state index in [1.807, 2.05) is 27.7 Å². The molecule has 2 fully saturated rings. The predicted octanol–water partition coefficient (Wildman–Crippen LogP) is 9.75. The number of rotatable bonds is 19. The molecule has 0 saturated carbocycles. The molecule has 2 aromatic heterocycles. The molecule has 0 unspecified atom stereocenters. The van der Waals surface area contributed by atoms with Gasteiger partial charge in [0.1, 0.15) is 28.6 Å². The van der Waals surface area contributed by atoms with Crippen molar-refractivity contribution in [3.8, 4) is 0 Å². The van der Waals surface area contributed by atoms with Crippen LogP contribution in [-0.2, 0) is 42.1 Å². The minimum Gasteiger partial charge on any atom is -0.459 e. The van der Waals surface area contributed by atoms with Gasteiger partial charge in [-0.3, -0.25) is 14.7 Å². The van der Waals surface area contributed by atoms with E-state index in [0.29, 0.717) is 34.0 Å². The molecule has 0 atom stereocenters. The van der Waals surface area contributed by atoms with Crippen LogP contribution in [-0.4, -0.2) is 121 Å². The van der Waals surface area contributed by atoms with Gasteiger partial charge in [0.15, 0.2) is 0 Å². The van der Waals surface area contributed by atoms with Crippen LogP contribution in [0.15, 0.2) is 103 Å². The van der Waals surface area contributed by atoms with Gasteiger partial charge in [0.05, 0.1) is 12.2 Å². The summed E-state index contributed by atoms with van der Waals surface area (Å²) < 4.78 is 24.9. The largest absolute Gasteiger partial charge is 0.459 e. The van der Waals surface area contributed by atoms with Gasteiger partial charge in [-0.2, -0.15) is 0 Å². The van der Waals surface area contributed by atoms with Crippen molar-refractivity contribution in [1.29, 1.82) is 0 Å². The van der Waals surface area contributed by atoms with Crippen LogP contribution < -0.4 is 15.1 Å². The molecule has 5 aromatic rings. The third kappa shape index (κ3) is 17.5. The topological polar surface area (TPSA) is 107 Å². The average Bonchev–Trinajstić information content (AvgIpc) is 3.34. The van der Waals surface area contributed by atoms with E-state index in [2.05, 4.69) is 102 Å². The highest BCUT2D eigenvalue weighted by Crippen LogP contribution is 2.24. The Kier molecular flexibility index (Phi) is 24.3. The summed E-state index contributed by atoms with van der Waals surface area (Å²) in [5.74, 6) is 0.560. The normalized spacial score (nSPS) is 14.2. The van der Waals surface area contributed by atoms with Gasteiger partial charge in [-0.15, -0.1) is 24.8 Å². The van der Waals surface area contributed by atoms with Gasteiger partial charge in [-0.05, 0) is 106 Å². The number of pyridine rings is 2. The van der Waals surface area contributed by atoms with Crippen LogP contribution >= 0.6 is 36.4 Å². The number of nitrogens with one attached hydrogen (secondary N) is 1. The predicted molar refractivity (Wildman–Crippen MR) is 285 cm³/mol. The number of esters is 2. The molecule has 0 radical (unpaired) electrons. The van der Waals surface area contributed by atoms with E-state index in [9.17, 15) is 14.0 Å². The number of benzene rings is 3. The molecular weight excluding hydrogens is 950 g/mol. The molecule has 12 nitrogen and oxygen atoms in total. The van der Waals surface area contributed by atoms with Crippen LogP contribution in [0.2, 0.25) is 5.02 Å². The Bertz CT molecular complexity index is 2330. The van der Waals surface area contributed by atoms with Crippen molar-refractivity contribution >= 4 is 60.0 Å². The second-order valence-corrected chi connectivity index (χ2v) is 18.3. The van der Waals surface area contributed by atoms with Crippen LogP contribution in [0.25, 0.3) is 0 Å². The Morgan fingerprint density at radius 1 is 0.657 bits per heavy atom. The molecule has 2 aliphatic rings. The number of anilines is 2. The van der Waals surface area contributed by atoms with E-state index >= 15 is 0 Å². The second kappa shape index (κ2) is 29.5. The van der Waals surface area contributed by atoms with Gasteiger partial charge >= 0.3 is 11.9 Å². The zero-order valence-electron chi connectivity index (χ0n) is 41.6. The summed E-state index contributed by atoms with van der Waals surface area (Å²) in [6.07, 6.45) is 3.74. The van der Waals surface area contributed by atoms with Crippen molar-refractivity contribution in [3.63, 3.8) is 0 Å². The minimum atomic E-state index is -0.326. The molecule has 7 rings (SSSR count). The summed E-state index contributed by atoms with van der Waals surface area (Å²) >= 11 is 6.20. The highest BCUT2D eigenvalue weighted by atomic mass is 35.5. The number of piperazine rings is 2. The monoisotopic (exact) mass is 1020 g/mol. The highest BCUT2D eigenvalue weighted by molar-refractivity contribution is 6.31. The van der Waals surface area contributed by atoms with E-state index in [1.54, 1.807) is 48.8 Å². The van der Waals surface area contributed by atoms with Crippen LogP contribution in [0, 0.1) is 5.82 Å². The molecule has 0 bridgehead atoms. The molecule has 0 amide bonds. The van der Waals surface area contributed by atoms with Gasteiger partial charge in [0.2, 0.25) is 0 Å².